The molecule has 1 amide bonds. The van der Waals surface area contributed by atoms with E-state index in [1.165, 1.54) is 18.5 Å². The van der Waals surface area contributed by atoms with Crippen LogP contribution in [0.1, 0.15) is 5.56 Å². The summed E-state index contributed by atoms with van der Waals surface area (Å²) in [7, 11) is 1.23. The summed E-state index contributed by atoms with van der Waals surface area (Å²) in [4.78, 5) is 12.3. The van der Waals surface area contributed by atoms with Gasteiger partial charge in [-0.1, -0.05) is 12.1 Å². The van der Waals surface area contributed by atoms with Crippen LogP contribution in [0.25, 0.3) is 0 Å². The molecule has 2 rings (SSSR count). The highest BCUT2D eigenvalue weighted by molar-refractivity contribution is 7.92. The first-order valence-electron chi connectivity index (χ1n) is 7.79. The minimum Gasteiger partial charge on any atom is -0.497 e. The third kappa shape index (κ3) is 4.89. The first-order valence-corrected chi connectivity index (χ1v) is 9.64. The minimum absolute atomic E-state index is 0.151. The standard InChI is InChI=1S/C18H22N2O5S/c1-20(26(4,22)23)14-7-5-13(6-8-14)11-18(21)19-16-10-9-15(24-2)12-17(16)25-3/h5-10,12H,11H2,1-4H3,(H,19,21). The monoisotopic (exact) mass is 378 g/mol. The molecule has 8 heteroatoms. The quantitative estimate of drug-likeness (QED) is 0.799. The van der Waals surface area contributed by atoms with E-state index in [1.54, 1.807) is 49.6 Å². The van der Waals surface area contributed by atoms with Gasteiger partial charge in [0.15, 0.2) is 0 Å². The molecule has 0 saturated carbocycles. The van der Waals surface area contributed by atoms with E-state index in [-0.39, 0.29) is 12.3 Å². The number of nitrogens with zero attached hydrogens (tertiary/aromatic N) is 1. The lowest BCUT2D eigenvalue weighted by molar-refractivity contribution is -0.115. The summed E-state index contributed by atoms with van der Waals surface area (Å²) in [5.74, 6) is 0.922. The topological polar surface area (TPSA) is 84.9 Å². The van der Waals surface area contributed by atoms with Crippen molar-refractivity contribution in [2.45, 2.75) is 6.42 Å². The molecule has 2 aromatic carbocycles. The van der Waals surface area contributed by atoms with Gasteiger partial charge in [-0.05, 0) is 29.8 Å². The number of methoxy groups -OCH3 is 2. The normalized spacial score (nSPS) is 10.9. The van der Waals surface area contributed by atoms with E-state index in [0.717, 1.165) is 11.8 Å². The van der Waals surface area contributed by atoms with Crippen LogP contribution in [0, 0.1) is 0 Å². The lowest BCUT2D eigenvalue weighted by Crippen LogP contribution is -2.24. The second kappa shape index (κ2) is 8.09. The number of rotatable bonds is 7. The van der Waals surface area contributed by atoms with Crippen molar-refractivity contribution < 1.29 is 22.7 Å². The van der Waals surface area contributed by atoms with Crippen LogP contribution in [-0.2, 0) is 21.2 Å². The zero-order valence-electron chi connectivity index (χ0n) is 15.1. The molecule has 1 N–H and O–H groups in total. The summed E-state index contributed by atoms with van der Waals surface area (Å²) >= 11 is 0. The number of benzene rings is 2. The molecule has 7 nitrogen and oxygen atoms in total. The third-order valence-electron chi connectivity index (χ3n) is 3.84. The van der Waals surface area contributed by atoms with Gasteiger partial charge < -0.3 is 14.8 Å². The maximum atomic E-state index is 12.3. The summed E-state index contributed by atoms with van der Waals surface area (Å²) in [5.41, 5.74) is 1.85. The summed E-state index contributed by atoms with van der Waals surface area (Å²) in [5, 5.41) is 2.80. The van der Waals surface area contributed by atoms with Gasteiger partial charge in [0, 0.05) is 13.1 Å². The molecule has 0 aliphatic heterocycles. The lowest BCUT2D eigenvalue weighted by Gasteiger charge is -2.16. The van der Waals surface area contributed by atoms with Gasteiger partial charge in [-0.2, -0.15) is 0 Å². The average molecular weight is 378 g/mol. The number of carbonyl (C=O) groups is 1. The van der Waals surface area contributed by atoms with Gasteiger partial charge in [-0.25, -0.2) is 8.42 Å². The van der Waals surface area contributed by atoms with Gasteiger partial charge in [0.1, 0.15) is 11.5 Å². The number of hydrogen-bond donors (Lipinski definition) is 1. The molecule has 140 valence electrons. The summed E-state index contributed by atoms with van der Waals surface area (Å²) in [6.07, 6.45) is 1.29. The smallest absolute Gasteiger partial charge is 0.231 e. The summed E-state index contributed by atoms with van der Waals surface area (Å²) < 4.78 is 34.7. The molecule has 0 aromatic heterocycles. The van der Waals surface area contributed by atoms with Crippen molar-refractivity contribution in [3.63, 3.8) is 0 Å². The largest absolute Gasteiger partial charge is 0.497 e. The first-order chi connectivity index (χ1) is 12.2. The zero-order chi connectivity index (χ0) is 19.3. The predicted molar refractivity (Wildman–Crippen MR) is 102 cm³/mol. The Balaban J connectivity index is 2.06. The highest BCUT2D eigenvalue weighted by Crippen LogP contribution is 2.29. The molecular weight excluding hydrogens is 356 g/mol. The molecule has 0 saturated heterocycles. The van der Waals surface area contributed by atoms with E-state index in [9.17, 15) is 13.2 Å². The van der Waals surface area contributed by atoms with Crippen molar-refractivity contribution in [2.24, 2.45) is 0 Å². The average Bonchev–Trinajstić information content (AvgIpc) is 2.61. The Morgan fingerprint density at radius 2 is 1.73 bits per heavy atom. The van der Waals surface area contributed by atoms with E-state index >= 15 is 0 Å². The van der Waals surface area contributed by atoms with E-state index in [1.807, 2.05) is 0 Å². The fourth-order valence-corrected chi connectivity index (χ4v) is 2.80. The number of nitrogens with one attached hydrogen (secondary N) is 1. The predicted octanol–water partition coefficient (Wildman–Crippen LogP) is 2.28. The summed E-state index contributed by atoms with van der Waals surface area (Å²) in [6, 6.07) is 11.9. The maximum absolute atomic E-state index is 12.3. The Hall–Kier alpha value is -2.74. The van der Waals surface area contributed by atoms with Crippen LogP contribution >= 0.6 is 0 Å². The number of hydrogen-bond acceptors (Lipinski definition) is 5. The molecule has 0 bridgehead atoms. The van der Waals surface area contributed by atoms with E-state index in [0.29, 0.717) is 22.9 Å². The van der Waals surface area contributed by atoms with Crippen molar-refractivity contribution in [3.8, 4) is 11.5 Å². The molecule has 0 unspecified atom stereocenters. The highest BCUT2D eigenvalue weighted by Gasteiger charge is 2.13. The summed E-state index contributed by atoms with van der Waals surface area (Å²) in [6.45, 7) is 0. The fraction of sp³-hybridized carbons (Fsp3) is 0.278. The van der Waals surface area contributed by atoms with Crippen molar-refractivity contribution >= 4 is 27.3 Å². The Kier molecular flexibility index (Phi) is 6.10. The van der Waals surface area contributed by atoms with Gasteiger partial charge in [0.2, 0.25) is 15.9 Å². The van der Waals surface area contributed by atoms with Crippen molar-refractivity contribution in [1.29, 1.82) is 0 Å². The van der Waals surface area contributed by atoms with Crippen LogP contribution < -0.4 is 19.1 Å². The first kappa shape index (κ1) is 19.6. The maximum Gasteiger partial charge on any atom is 0.231 e. The number of ether oxygens (including phenoxy) is 2. The van der Waals surface area contributed by atoms with Crippen molar-refractivity contribution in [3.05, 3.63) is 48.0 Å². The SMILES string of the molecule is COc1ccc(NC(=O)Cc2ccc(N(C)S(C)(=O)=O)cc2)c(OC)c1. The van der Waals surface area contributed by atoms with Crippen LogP contribution in [0.3, 0.4) is 0 Å². The highest BCUT2D eigenvalue weighted by atomic mass is 32.2. The van der Waals surface area contributed by atoms with Crippen LogP contribution in [-0.4, -0.2) is 41.8 Å². The Labute approximate surface area is 153 Å². The van der Waals surface area contributed by atoms with Crippen LogP contribution in [0.5, 0.6) is 11.5 Å². The number of amides is 1. The molecule has 0 atom stereocenters. The minimum atomic E-state index is -3.32. The van der Waals surface area contributed by atoms with Gasteiger partial charge in [0.05, 0.1) is 38.3 Å². The molecular formula is C18H22N2O5S. The van der Waals surface area contributed by atoms with E-state index < -0.39 is 10.0 Å². The molecule has 0 fully saturated rings. The van der Waals surface area contributed by atoms with Crippen LogP contribution in [0.2, 0.25) is 0 Å². The molecule has 0 heterocycles. The molecule has 26 heavy (non-hydrogen) atoms. The molecule has 0 aliphatic rings. The van der Waals surface area contributed by atoms with Gasteiger partial charge in [0.25, 0.3) is 0 Å². The molecule has 0 spiro atoms. The second-order valence-corrected chi connectivity index (χ2v) is 7.70. The van der Waals surface area contributed by atoms with Gasteiger partial charge in [-0.15, -0.1) is 0 Å². The third-order valence-corrected chi connectivity index (χ3v) is 5.05. The zero-order valence-corrected chi connectivity index (χ0v) is 16.0. The van der Waals surface area contributed by atoms with Gasteiger partial charge in [-0.3, -0.25) is 9.10 Å². The molecule has 0 radical (unpaired) electrons. The Morgan fingerprint density at radius 1 is 1.08 bits per heavy atom. The van der Waals surface area contributed by atoms with E-state index in [2.05, 4.69) is 5.32 Å². The Bertz CT molecular complexity index is 879. The van der Waals surface area contributed by atoms with E-state index in [4.69, 9.17) is 9.47 Å². The number of carbonyl (C=O) groups excluding carboxylic acids is 1. The van der Waals surface area contributed by atoms with Crippen molar-refractivity contribution in [2.75, 3.05) is 37.1 Å². The fourth-order valence-electron chi connectivity index (χ4n) is 2.30. The Morgan fingerprint density at radius 3 is 2.27 bits per heavy atom. The van der Waals surface area contributed by atoms with Crippen molar-refractivity contribution in [1.82, 2.24) is 0 Å². The lowest BCUT2D eigenvalue weighted by atomic mass is 10.1. The van der Waals surface area contributed by atoms with Crippen LogP contribution in [0.4, 0.5) is 11.4 Å². The number of sulfonamides is 1. The number of anilines is 2. The molecule has 2 aromatic rings. The van der Waals surface area contributed by atoms with Gasteiger partial charge >= 0.3 is 0 Å². The van der Waals surface area contributed by atoms with Crippen LogP contribution in [0.15, 0.2) is 42.5 Å². The molecule has 0 aliphatic carbocycles. The second-order valence-electron chi connectivity index (χ2n) is 5.69.